The molecule has 0 saturated carbocycles. The number of hydrogen-bond donors (Lipinski definition) is 1. The SMILES string of the molecule is CCCCn1nc(C(=O)Nc2nc(C)c(C(C)=O)s2)c2ccccc2c1=O. The minimum atomic E-state index is -0.458. The molecule has 3 aromatic rings. The van der Waals surface area contributed by atoms with Crippen LogP contribution in [0.5, 0.6) is 0 Å². The van der Waals surface area contributed by atoms with Gasteiger partial charge in [-0.25, -0.2) is 9.67 Å². The highest BCUT2D eigenvalue weighted by Crippen LogP contribution is 2.24. The van der Waals surface area contributed by atoms with Crippen LogP contribution in [0, 0.1) is 6.92 Å². The van der Waals surface area contributed by atoms with E-state index in [1.54, 1.807) is 31.2 Å². The van der Waals surface area contributed by atoms with Gasteiger partial charge in [-0.3, -0.25) is 19.7 Å². The lowest BCUT2D eigenvalue weighted by Crippen LogP contribution is -2.27. The number of unbranched alkanes of at least 4 members (excludes halogenated alkanes) is 1. The summed E-state index contributed by atoms with van der Waals surface area (Å²) in [6.07, 6.45) is 1.70. The molecule has 0 fully saturated rings. The monoisotopic (exact) mass is 384 g/mol. The second-order valence-electron chi connectivity index (χ2n) is 6.22. The van der Waals surface area contributed by atoms with E-state index >= 15 is 0 Å². The van der Waals surface area contributed by atoms with Crippen LogP contribution in [0.3, 0.4) is 0 Å². The molecule has 7 nitrogen and oxygen atoms in total. The molecule has 0 bridgehead atoms. The van der Waals surface area contributed by atoms with Gasteiger partial charge in [0.15, 0.2) is 16.6 Å². The van der Waals surface area contributed by atoms with Gasteiger partial charge in [0, 0.05) is 18.9 Å². The number of benzene rings is 1. The summed E-state index contributed by atoms with van der Waals surface area (Å²) in [5.41, 5.74) is 0.534. The molecule has 0 aliphatic rings. The minimum absolute atomic E-state index is 0.0952. The third-order valence-electron chi connectivity index (χ3n) is 4.14. The fourth-order valence-corrected chi connectivity index (χ4v) is 3.65. The van der Waals surface area contributed by atoms with E-state index < -0.39 is 5.91 Å². The number of rotatable bonds is 6. The summed E-state index contributed by atoms with van der Waals surface area (Å²) in [7, 11) is 0. The molecule has 0 aliphatic heterocycles. The fourth-order valence-electron chi connectivity index (χ4n) is 2.80. The van der Waals surface area contributed by atoms with E-state index in [0.717, 1.165) is 24.2 Å². The zero-order valence-corrected chi connectivity index (χ0v) is 16.2. The summed E-state index contributed by atoms with van der Waals surface area (Å²) in [6, 6.07) is 6.92. The smallest absolute Gasteiger partial charge is 0.278 e. The number of anilines is 1. The highest BCUT2D eigenvalue weighted by atomic mass is 32.1. The highest BCUT2D eigenvalue weighted by Gasteiger charge is 2.19. The van der Waals surface area contributed by atoms with Crippen LogP contribution >= 0.6 is 11.3 Å². The zero-order chi connectivity index (χ0) is 19.6. The Hall–Kier alpha value is -2.87. The molecule has 27 heavy (non-hydrogen) atoms. The number of aromatic nitrogens is 3. The average molecular weight is 384 g/mol. The number of thiazole rings is 1. The number of hydrogen-bond acceptors (Lipinski definition) is 6. The predicted molar refractivity (Wildman–Crippen MR) is 106 cm³/mol. The van der Waals surface area contributed by atoms with E-state index in [-0.39, 0.29) is 17.0 Å². The van der Waals surface area contributed by atoms with E-state index in [1.807, 2.05) is 6.92 Å². The molecule has 0 atom stereocenters. The standard InChI is InChI=1S/C19H20N4O3S/c1-4-5-10-23-18(26)14-9-7-6-8-13(14)15(22-23)17(25)21-19-20-11(2)16(27-19)12(3)24/h6-9H,4-5,10H2,1-3H3,(H,20,21,25). The van der Waals surface area contributed by atoms with Gasteiger partial charge in [0.25, 0.3) is 11.5 Å². The molecule has 2 aromatic heterocycles. The maximum Gasteiger partial charge on any atom is 0.278 e. The van der Waals surface area contributed by atoms with Gasteiger partial charge < -0.3 is 0 Å². The van der Waals surface area contributed by atoms with Crippen LogP contribution in [0.25, 0.3) is 10.8 Å². The van der Waals surface area contributed by atoms with Crippen molar-refractivity contribution in [2.75, 3.05) is 5.32 Å². The van der Waals surface area contributed by atoms with E-state index in [2.05, 4.69) is 15.4 Å². The summed E-state index contributed by atoms with van der Waals surface area (Å²) in [5, 5.41) is 8.29. The summed E-state index contributed by atoms with van der Waals surface area (Å²) in [6.45, 7) is 5.66. The van der Waals surface area contributed by atoms with E-state index in [4.69, 9.17) is 0 Å². The van der Waals surface area contributed by atoms with Gasteiger partial charge in [-0.15, -0.1) is 0 Å². The van der Waals surface area contributed by atoms with E-state index in [1.165, 1.54) is 11.6 Å². The first-order chi connectivity index (χ1) is 12.9. The molecule has 1 amide bonds. The van der Waals surface area contributed by atoms with Crippen LogP contribution in [-0.2, 0) is 6.54 Å². The molecule has 140 valence electrons. The molecule has 1 aromatic carbocycles. The van der Waals surface area contributed by atoms with Crippen molar-refractivity contribution in [1.82, 2.24) is 14.8 Å². The first kappa shape index (κ1) is 18.9. The van der Waals surface area contributed by atoms with E-state index in [9.17, 15) is 14.4 Å². The van der Waals surface area contributed by atoms with Gasteiger partial charge in [-0.05, 0) is 19.4 Å². The van der Waals surface area contributed by atoms with Gasteiger partial charge in [0.1, 0.15) is 0 Å². The Balaban J connectivity index is 2.03. The summed E-state index contributed by atoms with van der Waals surface area (Å²) in [5.74, 6) is -0.553. The fraction of sp³-hybridized carbons (Fsp3) is 0.316. The van der Waals surface area contributed by atoms with Crippen LogP contribution in [0.15, 0.2) is 29.1 Å². The number of amides is 1. The molecule has 0 unspecified atom stereocenters. The Kier molecular flexibility index (Phi) is 5.46. The Bertz CT molecular complexity index is 1080. The Morgan fingerprint density at radius 2 is 1.93 bits per heavy atom. The lowest BCUT2D eigenvalue weighted by atomic mass is 10.1. The molecule has 0 radical (unpaired) electrons. The number of carbonyl (C=O) groups excluding carboxylic acids is 2. The van der Waals surface area contributed by atoms with E-state index in [0.29, 0.717) is 33.0 Å². The van der Waals surface area contributed by atoms with Crippen molar-refractivity contribution < 1.29 is 9.59 Å². The van der Waals surface area contributed by atoms with Crippen molar-refractivity contribution in [3.05, 3.63) is 50.9 Å². The molecule has 0 spiro atoms. The number of ketones is 1. The Morgan fingerprint density at radius 1 is 1.22 bits per heavy atom. The maximum absolute atomic E-state index is 12.8. The lowest BCUT2D eigenvalue weighted by molar-refractivity contribution is 0.101. The molecular formula is C19H20N4O3S. The minimum Gasteiger partial charge on any atom is -0.296 e. The number of aryl methyl sites for hydroxylation is 2. The van der Waals surface area contributed by atoms with Gasteiger partial charge in [0.05, 0.1) is 16.0 Å². The second-order valence-corrected chi connectivity index (χ2v) is 7.22. The number of nitrogens with zero attached hydrogens (tertiary/aromatic N) is 3. The number of nitrogens with one attached hydrogen (secondary N) is 1. The maximum atomic E-state index is 12.8. The van der Waals surface area contributed by atoms with Crippen molar-refractivity contribution in [3.63, 3.8) is 0 Å². The lowest BCUT2D eigenvalue weighted by Gasteiger charge is -2.10. The third kappa shape index (κ3) is 3.80. The zero-order valence-electron chi connectivity index (χ0n) is 15.4. The van der Waals surface area contributed by atoms with Gasteiger partial charge in [0.2, 0.25) is 0 Å². The molecule has 0 saturated heterocycles. The van der Waals surface area contributed by atoms with Crippen molar-refractivity contribution >= 4 is 38.9 Å². The molecular weight excluding hydrogens is 364 g/mol. The Morgan fingerprint density at radius 3 is 2.56 bits per heavy atom. The van der Waals surface area contributed by atoms with Crippen LogP contribution in [-0.4, -0.2) is 26.5 Å². The van der Waals surface area contributed by atoms with Crippen molar-refractivity contribution in [3.8, 4) is 0 Å². The molecule has 3 rings (SSSR count). The number of Topliss-reactive ketones (excluding diaryl/α,β-unsaturated/α-hetero) is 1. The third-order valence-corrected chi connectivity index (χ3v) is 5.32. The largest absolute Gasteiger partial charge is 0.296 e. The summed E-state index contributed by atoms with van der Waals surface area (Å²) in [4.78, 5) is 41.8. The molecule has 0 aliphatic carbocycles. The van der Waals surface area contributed by atoms with Gasteiger partial charge >= 0.3 is 0 Å². The number of fused-ring (bicyclic) bond motifs is 1. The first-order valence-electron chi connectivity index (χ1n) is 8.72. The summed E-state index contributed by atoms with van der Waals surface area (Å²) >= 11 is 1.13. The number of carbonyl (C=O) groups is 2. The second kappa shape index (κ2) is 7.79. The topological polar surface area (TPSA) is 93.9 Å². The van der Waals surface area contributed by atoms with Crippen molar-refractivity contribution in [2.24, 2.45) is 0 Å². The normalized spacial score (nSPS) is 10.9. The van der Waals surface area contributed by atoms with Crippen molar-refractivity contribution in [1.29, 1.82) is 0 Å². The molecule has 2 heterocycles. The highest BCUT2D eigenvalue weighted by molar-refractivity contribution is 7.17. The molecule has 1 N–H and O–H groups in total. The first-order valence-corrected chi connectivity index (χ1v) is 9.53. The van der Waals surface area contributed by atoms with Crippen LogP contribution < -0.4 is 10.9 Å². The van der Waals surface area contributed by atoms with Crippen LogP contribution in [0.4, 0.5) is 5.13 Å². The Labute approximate surface area is 160 Å². The van der Waals surface area contributed by atoms with Crippen molar-refractivity contribution in [2.45, 2.75) is 40.2 Å². The molecule has 8 heteroatoms. The quantitative estimate of drug-likeness (QED) is 0.657. The van der Waals surface area contributed by atoms with Crippen LogP contribution in [0.1, 0.15) is 52.5 Å². The van der Waals surface area contributed by atoms with Gasteiger partial charge in [-0.2, -0.15) is 5.10 Å². The predicted octanol–water partition coefficient (Wildman–Crippen LogP) is 3.42. The van der Waals surface area contributed by atoms with Crippen LogP contribution in [0.2, 0.25) is 0 Å². The van der Waals surface area contributed by atoms with Gasteiger partial charge in [-0.1, -0.05) is 42.9 Å². The summed E-state index contributed by atoms with van der Waals surface area (Å²) < 4.78 is 1.34. The average Bonchev–Trinajstić information content (AvgIpc) is 3.01.